The maximum Gasteiger partial charge on any atom is 0.184 e. The van der Waals surface area contributed by atoms with E-state index in [0.29, 0.717) is 5.56 Å². The summed E-state index contributed by atoms with van der Waals surface area (Å²) < 4.78 is 0. The number of aliphatic hydroxyl groups excluding tert-OH is 1. The molecular weight excluding hydrogens is 286 g/mol. The van der Waals surface area contributed by atoms with Crippen LogP contribution in [0.4, 0.5) is 0 Å². The highest BCUT2D eigenvalue weighted by molar-refractivity contribution is 7.80. The first-order valence-corrected chi connectivity index (χ1v) is 6.62. The number of nitrogens with zero attached hydrogens (tertiary/aromatic N) is 1. The third-order valence-electron chi connectivity index (χ3n) is 2.88. The number of hydrogen-bond acceptors (Lipinski definition) is 4. The van der Waals surface area contributed by atoms with E-state index in [1.54, 1.807) is 12.1 Å². The molecule has 0 amide bonds. The number of hydrazone groups is 1. The molecule has 0 fully saturated rings. The van der Waals surface area contributed by atoms with Gasteiger partial charge in [-0.2, -0.15) is 5.10 Å². The van der Waals surface area contributed by atoms with Crippen molar-refractivity contribution in [2.75, 3.05) is 0 Å². The zero-order valence-electron chi connectivity index (χ0n) is 11.2. The second kappa shape index (κ2) is 6.83. The predicted molar refractivity (Wildman–Crippen MR) is 87.0 cm³/mol. The number of nitrogens with two attached hydrogens (primary N) is 1. The van der Waals surface area contributed by atoms with Gasteiger partial charge in [-0.15, -0.1) is 0 Å². The molecular formula is C15H15N3O2S. The number of thiocarbonyl (C=S) groups is 1. The molecule has 2 rings (SSSR count). The second-order valence-electron chi connectivity index (χ2n) is 4.36. The van der Waals surface area contributed by atoms with Gasteiger partial charge >= 0.3 is 0 Å². The van der Waals surface area contributed by atoms with Crippen molar-refractivity contribution < 1.29 is 10.2 Å². The van der Waals surface area contributed by atoms with Crippen LogP contribution in [0.5, 0.6) is 5.75 Å². The first-order chi connectivity index (χ1) is 10.1. The Hall–Kier alpha value is -2.44. The van der Waals surface area contributed by atoms with Gasteiger partial charge in [-0.1, -0.05) is 30.3 Å². The molecule has 0 heterocycles. The van der Waals surface area contributed by atoms with Crippen molar-refractivity contribution in [1.29, 1.82) is 0 Å². The SMILES string of the molecule is NC(=S)N/N=C/c1cc(-c2ccc(CO)cc2)ccc1O. The summed E-state index contributed by atoms with van der Waals surface area (Å²) in [5, 5.41) is 22.7. The van der Waals surface area contributed by atoms with Gasteiger partial charge in [0.15, 0.2) is 5.11 Å². The number of nitrogens with one attached hydrogen (secondary N) is 1. The molecule has 0 radical (unpaired) electrons. The van der Waals surface area contributed by atoms with E-state index in [-0.39, 0.29) is 17.5 Å². The third-order valence-corrected chi connectivity index (χ3v) is 2.97. The van der Waals surface area contributed by atoms with Gasteiger partial charge in [-0.3, -0.25) is 5.43 Å². The van der Waals surface area contributed by atoms with Crippen LogP contribution >= 0.6 is 12.2 Å². The quantitative estimate of drug-likeness (QED) is 0.392. The molecule has 0 saturated heterocycles. The number of benzene rings is 2. The summed E-state index contributed by atoms with van der Waals surface area (Å²) >= 11 is 4.64. The van der Waals surface area contributed by atoms with Crippen LogP contribution in [0.15, 0.2) is 47.6 Å². The topological polar surface area (TPSA) is 90.9 Å². The smallest absolute Gasteiger partial charge is 0.184 e. The lowest BCUT2D eigenvalue weighted by atomic mass is 10.0. The summed E-state index contributed by atoms with van der Waals surface area (Å²) in [6, 6.07) is 12.7. The van der Waals surface area contributed by atoms with Gasteiger partial charge in [0.2, 0.25) is 0 Å². The molecule has 0 spiro atoms. The molecule has 6 heteroatoms. The Balaban J connectivity index is 2.28. The molecule has 21 heavy (non-hydrogen) atoms. The summed E-state index contributed by atoms with van der Waals surface area (Å²) in [6.07, 6.45) is 1.44. The van der Waals surface area contributed by atoms with E-state index in [9.17, 15) is 5.11 Å². The number of aromatic hydroxyl groups is 1. The number of phenolic OH excluding ortho intramolecular Hbond substituents is 1. The van der Waals surface area contributed by atoms with Gasteiger partial charge in [-0.25, -0.2) is 0 Å². The van der Waals surface area contributed by atoms with Crippen LogP contribution in [0.3, 0.4) is 0 Å². The zero-order chi connectivity index (χ0) is 15.2. The number of aliphatic hydroxyl groups is 1. The number of phenols is 1. The van der Waals surface area contributed by atoms with Crippen molar-refractivity contribution in [3.8, 4) is 16.9 Å². The molecule has 0 bridgehead atoms. The highest BCUT2D eigenvalue weighted by atomic mass is 32.1. The molecule has 5 N–H and O–H groups in total. The minimum Gasteiger partial charge on any atom is -0.507 e. The molecule has 0 atom stereocenters. The Morgan fingerprint density at radius 3 is 2.48 bits per heavy atom. The molecule has 0 saturated carbocycles. The van der Waals surface area contributed by atoms with Crippen molar-refractivity contribution in [1.82, 2.24) is 5.43 Å². The van der Waals surface area contributed by atoms with Gasteiger partial charge in [-0.05, 0) is 41.0 Å². The molecule has 0 aromatic heterocycles. The highest BCUT2D eigenvalue weighted by Crippen LogP contribution is 2.25. The largest absolute Gasteiger partial charge is 0.507 e. The van der Waals surface area contributed by atoms with Crippen molar-refractivity contribution in [2.24, 2.45) is 10.8 Å². The van der Waals surface area contributed by atoms with Gasteiger partial charge in [0, 0.05) is 5.56 Å². The molecule has 0 aliphatic rings. The van der Waals surface area contributed by atoms with Crippen molar-refractivity contribution >= 4 is 23.5 Å². The molecule has 108 valence electrons. The maximum atomic E-state index is 9.81. The summed E-state index contributed by atoms with van der Waals surface area (Å²) in [5.41, 5.74) is 11.0. The first-order valence-electron chi connectivity index (χ1n) is 6.22. The van der Waals surface area contributed by atoms with Crippen LogP contribution in [-0.4, -0.2) is 21.5 Å². The Bertz CT molecular complexity index is 669. The van der Waals surface area contributed by atoms with E-state index in [0.717, 1.165) is 16.7 Å². The van der Waals surface area contributed by atoms with Crippen molar-refractivity contribution in [3.05, 3.63) is 53.6 Å². The van der Waals surface area contributed by atoms with Crippen LogP contribution in [-0.2, 0) is 6.61 Å². The van der Waals surface area contributed by atoms with Gasteiger partial charge < -0.3 is 15.9 Å². The van der Waals surface area contributed by atoms with Crippen molar-refractivity contribution in [3.63, 3.8) is 0 Å². The van der Waals surface area contributed by atoms with Gasteiger partial charge in [0.25, 0.3) is 0 Å². The molecule has 0 aliphatic carbocycles. The Kier molecular flexibility index (Phi) is 4.86. The fourth-order valence-electron chi connectivity index (χ4n) is 1.81. The lowest BCUT2D eigenvalue weighted by Gasteiger charge is -2.06. The van der Waals surface area contributed by atoms with Crippen LogP contribution < -0.4 is 11.2 Å². The fourth-order valence-corrected chi connectivity index (χ4v) is 1.86. The van der Waals surface area contributed by atoms with E-state index in [2.05, 4.69) is 22.7 Å². The normalized spacial score (nSPS) is 10.7. The van der Waals surface area contributed by atoms with Gasteiger partial charge in [0.05, 0.1) is 12.8 Å². The average Bonchev–Trinajstić information content (AvgIpc) is 2.49. The molecule has 2 aromatic carbocycles. The summed E-state index contributed by atoms with van der Waals surface area (Å²) in [4.78, 5) is 0. The Morgan fingerprint density at radius 1 is 1.19 bits per heavy atom. The van der Waals surface area contributed by atoms with E-state index < -0.39 is 0 Å². The van der Waals surface area contributed by atoms with E-state index in [4.69, 9.17) is 10.8 Å². The monoisotopic (exact) mass is 301 g/mol. The lowest BCUT2D eigenvalue weighted by molar-refractivity contribution is 0.282. The zero-order valence-corrected chi connectivity index (χ0v) is 12.0. The van der Waals surface area contributed by atoms with Crippen molar-refractivity contribution in [2.45, 2.75) is 6.61 Å². The van der Waals surface area contributed by atoms with E-state index in [1.165, 1.54) is 6.21 Å². The van der Waals surface area contributed by atoms with Crippen LogP contribution in [0, 0.1) is 0 Å². The Morgan fingerprint density at radius 2 is 1.86 bits per heavy atom. The molecule has 0 unspecified atom stereocenters. The third kappa shape index (κ3) is 4.01. The standard InChI is InChI=1S/C15H15N3O2S/c16-15(21)18-17-8-13-7-12(5-6-14(13)20)11-3-1-10(9-19)2-4-11/h1-8,19-20H,9H2,(H3,16,18,21)/b17-8+. The summed E-state index contributed by atoms with van der Waals surface area (Å²) in [6.45, 7) is 0.0123. The van der Waals surface area contributed by atoms with Crippen LogP contribution in [0.1, 0.15) is 11.1 Å². The van der Waals surface area contributed by atoms with Crippen LogP contribution in [0.2, 0.25) is 0 Å². The predicted octanol–water partition coefficient (Wildman–Crippen LogP) is 1.72. The minimum absolute atomic E-state index is 0.0123. The lowest BCUT2D eigenvalue weighted by Crippen LogP contribution is -2.23. The molecule has 2 aromatic rings. The number of hydrogen-bond donors (Lipinski definition) is 4. The van der Waals surface area contributed by atoms with E-state index in [1.807, 2.05) is 30.3 Å². The number of rotatable bonds is 4. The van der Waals surface area contributed by atoms with E-state index >= 15 is 0 Å². The summed E-state index contributed by atoms with van der Waals surface area (Å²) in [7, 11) is 0. The fraction of sp³-hybridized carbons (Fsp3) is 0.0667. The highest BCUT2D eigenvalue weighted by Gasteiger charge is 2.03. The second-order valence-corrected chi connectivity index (χ2v) is 4.80. The summed E-state index contributed by atoms with van der Waals surface area (Å²) in [5.74, 6) is 0.110. The first kappa shape index (κ1) is 15.0. The Labute approximate surface area is 127 Å². The van der Waals surface area contributed by atoms with Gasteiger partial charge in [0.1, 0.15) is 5.75 Å². The maximum absolute atomic E-state index is 9.81. The average molecular weight is 301 g/mol. The molecule has 0 aliphatic heterocycles. The van der Waals surface area contributed by atoms with Crippen LogP contribution in [0.25, 0.3) is 11.1 Å². The molecule has 5 nitrogen and oxygen atoms in total. The minimum atomic E-state index is 0.0123.